The highest BCUT2D eigenvalue weighted by Crippen LogP contribution is 2.17. The van der Waals surface area contributed by atoms with E-state index < -0.39 is 5.91 Å². The molecule has 208 valence electrons. The molecule has 11 nitrogen and oxygen atoms in total. The van der Waals surface area contributed by atoms with Gasteiger partial charge in [-0.05, 0) is 39.9 Å². The van der Waals surface area contributed by atoms with Gasteiger partial charge in [-0.2, -0.15) is 0 Å². The van der Waals surface area contributed by atoms with Crippen molar-refractivity contribution in [3.8, 4) is 0 Å². The van der Waals surface area contributed by atoms with E-state index >= 15 is 0 Å². The molecule has 0 aliphatic rings. The van der Waals surface area contributed by atoms with Gasteiger partial charge in [-0.3, -0.25) is 19.9 Å². The van der Waals surface area contributed by atoms with Crippen LogP contribution >= 0.6 is 36.4 Å². The number of nitrogens with two attached hydrogens (primary N) is 3. The highest BCUT2D eigenvalue weighted by molar-refractivity contribution is 6.31. The maximum Gasteiger partial charge on any atom is 0.280 e. The molecule has 0 aliphatic heterocycles. The number of hydrogen-bond donors (Lipinski definition) is 5. The number of rotatable bonds is 16. The van der Waals surface area contributed by atoms with E-state index in [1.54, 1.807) is 0 Å². The van der Waals surface area contributed by atoms with E-state index in [2.05, 4.69) is 30.5 Å². The minimum atomic E-state index is -0.644. The lowest BCUT2D eigenvalue weighted by Crippen LogP contribution is -2.38. The molecule has 0 bridgehead atoms. The Kier molecular flexibility index (Phi) is 21.1. The molecule has 0 aliphatic carbocycles. The molecule has 36 heavy (non-hydrogen) atoms. The SMILES string of the molecule is CN(C)CCCNC(=O)CCCCCCCCCCN=C(N)NC(=O)c1nc(Cl)c(N)nc1N.Cl.Cl. The van der Waals surface area contributed by atoms with Gasteiger partial charge in [0.05, 0.1) is 0 Å². The summed E-state index contributed by atoms with van der Waals surface area (Å²) in [6, 6.07) is 0. The second-order valence-electron chi connectivity index (χ2n) is 8.44. The normalized spacial score (nSPS) is 10.9. The van der Waals surface area contributed by atoms with Crippen LogP contribution in [-0.2, 0) is 4.79 Å². The summed E-state index contributed by atoms with van der Waals surface area (Å²) in [5.74, 6) is -0.684. The van der Waals surface area contributed by atoms with Crippen LogP contribution in [0.3, 0.4) is 0 Å². The first-order valence-electron chi connectivity index (χ1n) is 11.8. The van der Waals surface area contributed by atoms with Crippen molar-refractivity contribution >= 4 is 65.8 Å². The monoisotopic (exact) mass is 569 g/mol. The van der Waals surface area contributed by atoms with E-state index in [-0.39, 0.29) is 59.2 Å². The molecule has 1 aromatic heterocycles. The highest BCUT2D eigenvalue weighted by Gasteiger charge is 2.16. The maximum atomic E-state index is 12.2. The van der Waals surface area contributed by atoms with Gasteiger partial charge >= 0.3 is 0 Å². The van der Waals surface area contributed by atoms with Crippen LogP contribution in [0.15, 0.2) is 4.99 Å². The number of halogens is 3. The highest BCUT2D eigenvalue weighted by atomic mass is 35.5. The van der Waals surface area contributed by atoms with Crippen molar-refractivity contribution in [1.29, 1.82) is 0 Å². The third-order valence-corrected chi connectivity index (χ3v) is 5.34. The molecule has 0 saturated heterocycles. The molecule has 0 radical (unpaired) electrons. The van der Waals surface area contributed by atoms with Crippen molar-refractivity contribution in [2.45, 2.75) is 64.2 Å². The van der Waals surface area contributed by atoms with Crippen molar-refractivity contribution in [2.75, 3.05) is 45.2 Å². The summed E-state index contributed by atoms with van der Waals surface area (Å²) in [6.07, 6.45) is 10.1. The minimum Gasteiger partial charge on any atom is -0.382 e. The standard InChI is InChI=1S/C22H40ClN9O2.2ClH/c1-32(2)15-11-14-27-16(33)12-9-7-5-3-4-6-8-10-13-28-22(26)31-21(34)17-19(24)30-20(25)18(23)29-17;;/h3-15H2,1-2H3,(H,27,33)(H4,24,25,30)(H3,26,28,31,34);2*1H. The van der Waals surface area contributed by atoms with Gasteiger partial charge in [0.15, 0.2) is 28.4 Å². The number of aromatic nitrogens is 2. The third kappa shape index (κ3) is 16.6. The van der Waals surface area contributed by atoms with Crippen LogP contribution in [0, 0.1) is 0 Å². The molecule has 0 unspecified atom stereocenters. The Morgan fingerprint density at radius 3 is 2.11 bits per heavy atom. The number of aliphatic imine (C=N–C) groups is 1. The summed E-state index contributed by atoms with van der Waals surface area (Å²) in [4.78, 5) is 37.8. The van der Waals surface area contributed by atoms with E-state index in [1.807, 2.05) is 14.1 Å². The number of nitrogens with one attached hydrogen (secondary N) is 2. The Bertz CT molecular complexity index is 811. The smallest absolute Gasteiger partial charge is 0.280 e. The second kappa shape index (κ2) is 21.0. The Morgan fingerprint density at radius 1 is 0.917 bits per heavy atom. The van der Waals surface area contributed by atoms with Crippen LogP contribution in [0.1, 0.15) is 74.7 Å². The van der Waals surface area contributed by atoms with Gasteiger partial charge in [-0.25, -0.2) is 9.97 Å². The van der Waals surface area contributed by atoms with Gasteiger partial charge in [0.25, 0.3) is 5.91 Å². The lowest BCUT2D eigenvalue weighted by molar-refractivity contribution is -0.121. The lowest BCUT2D eigenvalue weighted by Gasteiger charge is -2.09. The maximum absolute atomic E-state index is 12.2. The van der Waals surface area contributed by atoms with E-state index in [0.717, 1.165) is 64.5 Å². The summed E-state index contributed by atoms with van der Waals surface area (Å²) in [5.41, 5.74) is 16.7. The van der Waals surface area contributed by atoms with Crippen molar-refractivity contribution in [1.82, 2.24) is 25.5 Å². The van der Waals surface area contributed by atoms with Crippen molar-refractivity contribution in [2.24, 2.45) is 10.7 Å². The number of nitrogen functional groups attached to an aromatic ring is 2. The molecule has 8 N–H and O–H groups in total. The zero-order valence-electron chi connectivity index (χ0n) is 21.2. The van der Waals surface area contributed by atoms with Crippen molar-refractivity contribution in [3.63, 3.8) is 0 Å². The van der Waals surface area contributed by atoms with E-state index in [0.29, 0.717) is 13.0 Å². The fourth-order valence-corrected chi connectivity index (χ4v) is 3.32. The Hall–Kier alpha value is -2.08. The molecule has 0 fully saturated rings. The average Bonchev–Trinajstić information content (AvgIpc) is 2.77. The van der Waals surface area contributed by atoms with Gasteiger partial charge in [0.1, 0.15) is 0 Å². The van der Waals surface area contributed by atoms with Gasteiger partial charge in [-0.1, -0.05) is 50.1 Å². The van der Waals surface area contributed by atoms with Crippen LogP contribution in [0.2, 0.25) is 5.15 Å². The lowest BCUT2D eigenvalue weighted by atomic mass is 10.1. The van der Waals surface area contributed by atoms with Gasteiger partial charge < -0.3 is 27.4 Å². The molecule has 14 heteroatoms. The fraction of sp³-hybridized carbons (Fsp3) is 0.682. The molecule has 0 atom stereocenters. The number of carbonyl (C=O) groups excluding carboxylic acids is 2. The largest absolute Gasteiger partial charge is 0.382 e. The van der Waals surface area contributed by atoms with Gasteiger partial charge in [0.2, 0.25) is 5.91 Å². The van der Waals surface area contributed by atoms with Crippen LogP contribution < -0.4 is 27.8 Å². The molecular weight excluding hydrogens is 529 g/mol. The van der Waals surface area contributed by atoms with Crippen molar-refractivity contribution < 1.29 is 9.59 Å². The molecule has 0 saturated carbocycles. The molecule has 1 rings (SSSR count). The van der Waals surface area contributed by atoms with Crippen LogP contribution in [0.4, 0.5) is 11.6 Å². The van der Waals surface area contributed by atoms with Crippen LogP contribution in [-0.4, -0.2) is 66.4 Å². The topological polar surface area (TPSA) is 178 Å². The summed E-state index contributed by atoms with van der Waals surface area (Å²) >= 11 is 5.77. The fourth-order valence-electron chi connectivity index (χ4n) is 3.19. The third-order valence-electron chi connectivity index (χ3n) is 5.06. The quantitative estimate of drug-likeness (QED) is 0.114. The molecule has 2 amide bonds. The zero-order chi connectivity index (χ0) is 25.3. The summed E-state index contributed by atoms with van der Waals surface area (Å²) in [7, 11) is 4.06. The summed E-state index contributed by atoms with van der Waals surface area (Å²) in [6.45, 7) is 2.25. The molecule has 1 aromatic rings. The first kappa shape index (κ1) is 36.1. The number of amides is 2. The average molecular weight is 571 g/mol. The predicted molar refractivity (Wildman–Crippen MR) is 152 cm³/mol. The number of carbonyl (C=O) groups is 2. The van der Waals surface area contributed by atoms with E-state index in [1.165, 1.54) is 6.42 Å². The number of anilines is 2. The van der Waals surface area contributed by atoms with Gasteiger partial charge in [-0.15, -0.1) is 24.8 Å². The second-order valence-corrected chi connectivity index (χ2v) is 8.80. The van der Waals surface area contributed by atoms with Crippen molar-refractivity contribution in [3.05, 3.63) is 10.8 Å². The summed E-state index contributed by atoms with van der Waals surface area (Å²) < 4.78 is 0. The van der Waals surface area contributed by atoms with E-state index in [4.69, 9.17) is 28.8 Å². The summed E-state index contributed by atoms with van der Waals surface area (Å²) in [5, 5.41) is 5.28. The molecule has 0 aromatic carbocycles. The molecule has 1 heterocycles. The number of hydrogen-bond acceptors (Lipinski definition) is 8. The zero-order valence-corrected chi connectivity index (χ0v) is 23.6. The van der Waals surface area contributed by atoms with Gasteiger partial charge in [0, 0.05) is 19.5 Å². The Labute approximate surface area is 231 Å². The number of unbranched alkanes of at least 4 members (excludes halogenated alkanes) is 7. The Balaban J connectivity index is 0. The first-order valence-corrected chi connectivity index (χ1v) is 12.2. The number of nitrogens with zero attached hydrogens (tertiary/aromatic N) is 4. The minimum absolute atomic E-state index is 0. The van der Waals surface area contributed by atoms with E-state index in [9.17, 15) is 9.59 Å². The molecule has 0 spiro atoms. The Morgan fingerprint density at radius 2 is 1.50 bits per heavy atom. The van der Waals surface area contributed by atoms with Crippen LogP contribution in [0.5, 0.6) is 0 Å². The molecular formula is C22H42Cl3N9O2. The predicted octanol–water partition coefficient (Wildman–Crippen LogP) is 2.76. The number of guanidine groups is 1. The first-order chi connectivity index (χ1) is 16.2. The van der Waals surface area contributed by atoms with Crippen LogP contribution in [0.25, 0.3) is 0 Å².